The molecule has 0 aliphatic heterocycles. The summed E-state index contributed by atoms with van der Waals surface area (Å²) in [4.78, 5) is 0. The van der Waals surface area contributed by atoms with Crippen molar-refractivity contribution in [3.63, 3.8) is 0 Å². The third-order valence-electron chi connectivity index (χ3n) is 2.05. The van der Waals surface area contributed by atoms with E-state index in [2.05, 4.69) is 31.3 Å². The first kappa shape index (κ1) is 15.0. The van der Waals surface area contributed by atoms with Gasteiger partial charge in [0.25, 0.3) is 0 Å². The molecule has 0 saturated carbocycles. The minimum atomic E-state index is 0.733. The van der Waals surface area contributed by atoms with Gasteiger partial charge in [-0.1, -0.05) is 38.5 Å². The second-order valence-corrected chi connectivity index (χ2v) is 3.39. The summed E-state index contributed by atoms with van der Waals surface area (Å²) < 4.78 is 5.58. The Morgan fingerprint density at radius 2 is 2.06 bits per heavy atom. The maximum atomic E-state index is 5.58. The van der Waals surface area contributed by atoms with Crippen LogP contribution in [0.5, 0.6) is 0 Å². The van der Waals surface area contributed by atoms with Gasteiger partial charge in [-0.3, -0.25) is 0 Å². The molecule has 1 N–H and O–H groups in total. The SMILES string of the molecule is CC.CCNCCOC1=CC=C(C)CC=C1. The second-order valence-electron chi connectivity index (χ2n) is 3.39. The van der Waals surface area contributed by atoms with Crippen LogP contribution in [-0.2, 0) is 4.74 Å². The van der Waals surface area contributed by atoms with Crippen molar-refractivity contribution in [1.82, 2.24) is 5.32 Å². The minimum Gasteiger partial charge on any atom is -0.492 e. The van der Waals surface area contributed by atoms with Crippen LogP contribution in [0.25, 0.3) is 0 Å². The standard InChI is InChI=1S/C12H19NO.C2H6/c1-3-13-9-10-14-12-6-4-5-11(2)7-8-12;1-2/h4,6-8,13H,3,5,9-10H2,1-2H3;1-2H3. The lowest BCUT2D eigenvalue weighted by Gasteiger charge is -2.05. The van der Waals surface area contributed by atoms with Gasteiger partial charge >= 0.3 is 0 Å². The van der Waals surface area contributed by atoms with Crippen LogP contribution >= 0.6 is 0 Å². The lowest BCUT2D eigenvalue weighted by molar-refractivity contribution is 0.225. The molecule has 2 heteroatoms. The molecule has 0 aromatic heterocycles. The van der Waals surface area contributed by atoms with E-state index in [9.17, 15) is 0 Å². The smallest absolute Gasteiger partial charge is 0.119 e. The first-order valence-corrected chi connectivity index (χ1v) is 6.20. The molecule has 92 valence electrons. The first-order chi connectivity index (χ1) is 7.83. The molecule has 0 spiro atoms. The van der Waals surface area contributed by atoms with E-state index in [1.807, 2.05) is 26.0 Å². The van der Waals surface area contributed by atoms with Gasteiger partial charge in [0.05, 0.1) is 0 Å². The van der Waals surface area contributed by atoms with Gasteiger partial charge in [0, 0.05) is 6.54 Å². The molecule has 1 aliphatic carbocycles. The highest BCUT2D eigenvalue weighted by molar-refractivity contribution is 5.26. The Hall–Kier alpha value is -1.02. The highest BCUT2D eigenvalue weighted by Crippen LogP contribution is 2.10. The maximum absolute atomic E-state index is 5.58. The fourth-order valence-corrected chi connectivity index (χ4v) is 1.22. The van der Waals surface area contributed by atoms with Gasteiger partial charge in [-0.15, -0.1) is 0 Å². The van der Waals surface area contributed by atoms with E-state index in [1.165, 1.54) is 5.57 Å². The molecule has 0 fully saturated rings. The second kappa shape index (κ2) is 10.5. The molecule has 0 aromatic rings. The van der Waals surface area contributed by atoms with Gasteiger partial charge in [0.15, 0.2) is 0 Å². The summed E-state index contributed by atoms with van der Waals surface area (Å²) in [6.07, 6.45) is 9.35. The fraction of sp³-hybridized carbons (Fsp3) is 0.571. The Morgan fingerprint density at radius 1 is 1.31 bits per heavy atom. The molecule has 0 saturated heterocycles. The number of allylic oxidation sites excluding steroid dienone is 5. The van der Waals surface area contributed by atoms with Crippen molar-refractivity contribution in [1.29, 1.82) is 0 Å². The molecule has 1 aliphatic rings. The van der Waals surface area contributed by atoms with Crippen LogP contribution in [0.15, 0.2) is 35.6 Å². The van der Waals surface area contributed by atoms with E-state index in [0.717, 1.165) is 31.9 Å². The zero-order valence-electron chi connectivity index (χ0n) is 11.0. The van der Waals surface area contributed by atoms with Crippen molar-refractivity contribution in [3.8, 4) is 0 Å². The predicted octanol–water partition coefficient (Wildman–Crippen LogP) is 3.43. The van der Waals surface area contributed by atoms with E-state index in [-0.39, 0.29) is 0 Å². The molecular formula is C14H25NO. The summed E-state index contributed by atoms with van der Waals surface area (Å²) in [6, 6.07) is 0. The average molecular weight is 223 g/mol. The van der Waals surface area contributed by atoms with Gasteiger partial charge in [-0.2, -0.15) is 0 Å². The van der Waals surface area contributed by atoms with Crippen molar-refractivity contribution in [2.24, 2.45) is 0 Å². The normalized spacial score (nSPS) is 14.2. The summed E-state index contributed by atoms with van der Waals surface area (Å²) in [5.41, 5.74) is 1.37. The zero-order valence-corrected chi connectivity index (χ0v) is 11.0. The zero-order chi connectivity index (χ0) is 12.2. The summed E-state index contributed by atoms with van der Waals surface area (Å²) in [6.45, 7) is 10.9. The summed E-state index contributed by atoms with van der Waals surface area (Å²) in [7, 11) is 0. The lowest BCUT2D eigenvalue weighted by atomic mass is 10.2. The van der Waals surface area contributed by atoms with Gasteiger partial charge < -0.3 is 10.1 Å². The number of rotatable bonds is 5. The third-order valence-corrected chi connectivity index (χ3v) is 2.05. The van der Waals surface area contributed by atoms with Crippen LogP contribution < -0.4 is 5.32 Å². The summed E-state index contributed by atoms with van der Waals surface area (Å²) in [5, 5.41) is 3.22. The Bertz CT molecular complexity index is 251. The van der Waals surface area contributed by atoms with Crippen LogP contribution in [0, 0.1) is 0 Å². The molecular weight excluding hydrogens is 198 g/mol. The summed E-state index contributed by atoms with van der Waals surface area (Å²) >= 11 is 0. The maximum Gasteiger partial charge on any atom is 0.119 e. The first-order valence-electron chi connectivity index (χ1n) is 6.20. The highest BCUT2D eigenvalue weighted by Gasteiger charge is 1.96. The van der Waals surface area contributed by atoms with E-state index in [4.69, 9.17) is 4.74 Å². The minimum absolute atomic E-state index is 0.733. The van der Waals surface area contributed by atoms with Gasteiger partial charge in [-0.25, -0.2) is 0 Å². The number of hydrogen-bond acceptors (Lipinski definition) is 2. The summed E-state index contributed by atoms with van der Waals surface area (Å²) in [5.74, 6) is 0.958. The van der Waals surface area contributed by atoms with Crippen LogP contribution in [0.3, 0.4) is 0 Å². The van der Waals surface area contributed by atoms with Crippen molar-refractivity contribution in [3.05, 3.63) is 35.6 Å². The number of nitrogens with one attached hydrogen (secondary N) is 1. The van der Waals surface area contributed by atoms with E-state index in [1.54, 1.807) is 0 Å². The lowest BCUT2D eigenvalue weighted by Crippen LogP contribution is -2.18. The molecule has 0 bridgehead atoms. The molecule has 0 radical (unpaired) electrons. The molecule has 0 aromatic carbocycles. The average Bonchev–Trinajstić information content (AvgIpc) is 2.53. The highest BCUT2D eigenvalue weighted by atomic mass is 16.5. The van der Waals surface area contributed by atoms with E-state index >= 15 is 0 Å². The monoisotopic (exact) mass is 223 g/mol. The fourth-order valence-electron chi connectivity index (χ4n) is 1.22. The van der Waals surface area contributed by atoms with Crippen LogP contribution in [-0.4, -0.2) is 19.7 Å². The molecule has 0 unspecified atom stereocenters. The van der Waals surface area contributed by atoms with E-state index in [0.29, 0.717) is 0 Å². The molecule has 0 amide bonds. The van der Waals surface area contributed by atoms with Crippen LogP contribution in [0.4, 0.5) is 0 Å². The molecule has 0 atom stereocenters. The Kier molecular flexibility index (Phi) is 9.83. The van der Waals surface area contributed by atoms with Gasteiger partial charge in [0.1, 0.15) is 12.4 Å². The molecule has 2 nitrogen and oxygen atoms in total. The quantitative estimate of drug-likeness (QED) is 0.721. The van der Waals surface area contributed by atoms with Crippen molar-refractivity contribution >= 4 is 0 Å². The topological polar surface area (TPSA) is 21.3 Å². The molecule has 16 heavy (non-hydrogen) atoms. The van der Waals surface area contributed by atoms with Crippen molar-refractivity contribution < 1.29 is 4.74 Å². The third kappa shape index (κ3) is 7.30. The molecule has 1 rings (SSSR count). The largest absolute Gasteiger partial charge is 0.492 e. The van der Waals surface area contributed by atoms with Gasteiger partial charge in [-0.05, 0) is 32.0 Å². The Labute approximate surface area is 100 Å². The molecule has 0 heterocycles. The predicted molar refractivity (Wildman–Crippen MR) is 71.4 cm³/mol. The number of ether oxygens (including phenoxy) is 1. The Morgan fingerprint density at radius 3 is 2.75 bits per heavy atom. The number of hydrogen-bond donors (Lipinski definition) is 1. The van der Waals surface area contributed by atoms with Crippen LogP contribution in [0.1, 0.15) is 34.1 Å². The van der Waals surface area contributed by atoms with Crippen LogP contribution in [0.2, 0.25) is 0 Å². The van der Waals surface area contributed by atoms with Crippen molar-refractivity contribution in [2.45, 2.75) is 34.1 Å². The number of likely N-dealkylation sites (N-methyl/N-ethyl adjacent to an activating group) is 1. The van der Waals surface area contributed by atoms with Crippen molar-refractivity contribution in [2.75, 3.05) is 19.7 Å². The van der Waals surface area contributed by atoms with E-state index < -0.39 is 0 Å². The Balaban J connectivity index is 0.00000106. The van der Waals surface area contributed by atoms with Gasteiger partial charge in [0.2, 0.25) is 0 Å².